The topological polar surface area (TPSA) is 52.7 Å². The van der Waals surface area contributed by atoms with E-state index in [4.69, 9.17) is 0 Å². The molecule has 0 radical (unpaired) electrons. The first-order valence-electron chi connectivity index (χ1n) is 10.9. The van der Waals surface area contributed by atoms with Gasteiger partial charge in [-0.25, -0.2) is 8.78 Å². The highest BCUT2D eigenvalue weighted by Gasteiger charge is 2.51. The first kappa shape index (κ1) is 25.5. The molecular formula is C24H29F2N3O2S2. The van der Waals surface area contributed by atoms with Crippen LogP contribution in [0.2, 0.25) is 0 Å². The van der Waals surface area contributed by atoms with E-state index >= 15 is 0 Å². The molecular weight excluding hydrogens is 464 g/mol. The van der Waals surface area contributed by atoms with Crippen LogP contribution in [0.4, 0.5) is 13.6 Å². The van der Waals surface area contributed by atoms with Gasteiger partial charge in [-0.05, 0) is 48.3 Å². The maximum Gasteiger partial charge on any atom is 0.278 e. The summed E-state index contributed by atoms with van der Waals surface area (Å²) in [6.45, 7) is 1.86. The van der Waals surface area contributed by atoms with Crippen molar-refractivity contribution in [1.29, 1.82) is 0 Å². The number of thiol groups is 1. The summed E-state index contributed by atoms with van der Waals surface area (Å²) in [4.78, 5) is 28.3. The molecule has 0 aromatic heterocycles. The third kappa shape index (κ3) is 6.71. The van der Waals surface area contributed by atoms with Gasteiger partial charge < -0.3 is 9.80 Å². The number of hydrogen-bond acceptors (Lipinski definition) is 4. The first-order valence-corrected chi connectivity index (χ1v) is 12.7. The van der Waals surface area contributed by atoms with Gasteiger partial charge in [-0.15, -0.1) is 0 Å². The standard InChI is InChI=1S/C18H25N3O2S2.C6H4F2/c1-25-12-7-15-16(22)21(13-14-5-3-2-4-6-14)18(19-15)8-10-20(11-9-18)17(23)24;7-5-1-2-6(8)4-3-5/h2-6,15,19H,7-13H2,1H3,(H,23,24);1-4H. The predicted molar refractivity (Wildman–Crippen MR) is 131 cm³/mol. The summed E-state index contributed by atoms with van der Waals surface area (Å²) in [6, 6.07) is 14.3. The minimum atomic E-state index is -0.411. The maximum atomic E-state index is 13.1. The van der Waals surface area contributed by atoms with Gasteiger partial charge in [-0.2, -0.15) is 11.8 Å². The van der Waals surface area contributed by atoms with Gasteiger partial charge in [0.2, 0.25) is 5.91 Å². The smallest absolute Gasteiger partial charge is 0.278 e. The Hall–Kier alpha value is -2.10. The van der Waals surface area contributed by atoms with Gasteiger partial charge in [0.05, 0.1) is 11.7 Å². The van der Waals surface area contributed by atoms with Gasteiger partial charge in [0.1, 0.15) is 11.6 Å². The van der Waals surface area contributed by atoms with Crippen molar-refractivity contribution in [1.82, 2.24) is 15.1 Å². The number of piperidine rings is 1. The van der Waals surface area contributed by atoms with E-state index in [1.54, 1.807) is 16.7 Å². The zero-order chi connectivity index (χ0) is 23.8. The highest BCUT2D eigenvalue weighted by molar-refractivity contribution is 7.98. The number of carbonyl (C=O) groups is 2. The molecule has 178 valence electrons. The average Bonchev–Trinajstić information content (AvgIpc) is 3.06. The number of amides is 2. The molecule has 1 spiro atoms. The minimum absolute atomic E-state index is 0.130. The Kier molecular flexibility index (Phi) is 9.17. The first-order chi connectivity index (χ1) is 15.8. The number of halogens is 2. The van der Waals surface area contributed by atoms with Crippen LogP contribution < -0.4 is 5.32 Å². The SMILES string of the molecule is CSCCC1NC2(CCN(C(=O)S)CC2)N(Cc2ccccc2)C1=O.Fc1ccc(F)cc1. The molecule has 2 saturated heterocycles. The third-order valence-corrected chi connectivity index (χ3v) is 6.91. The van der Waals surface area contributed by atoms with Gasteiger partial charge in [-0.3, -0.25) is 14.9 Å². The van der Waals surface area contributed by atoms with E-state index in [1.807, 2.05) is 23.1 Å². The lowest BCUT2D eigenvalue weighted by atomic mass is 9.95. The lowest BCUT2D eigenvalue weighted by molar-refractivity contribution is -0.134. The molecule has 2 aromatic carbocycles. The molecule has 33 heavy (non-hydrogen) atoms. The van der Waals surface area contributed by atoms with Crippen molar-refractivity contribution in [3.8, 4) is 0 Å². The fourth-order valence-corrected chi connectivity index (χ4v) is 4.87. The van der Waals surface area contributed by atoms with Crippen molar-refractivity contribution in [3.63, 3.8) is 0 Å². The van der Waals surface area contributed by atoms with Crippen molar-refractivity contribution in [2.75, 3.05) is 25.1 Å². The number of hydrogen-bond donors (Lipinski definition) is 2. The molecule has 1 atom stereocenters. The number of thioether (sulfide) groups is 1. The molecule has 5 nitrogen and oxygen atoms in total. The summed E-state index contributed by atoms with van der Waals surface area (Å²) in [5.74, 6) is 0.321. The molecule has 2 aliphatic heterocycles. The number of rotatable bonds is 5. The summed E-state index contributed by atoms with van der Waals surface area (Å²) in [5, 5.41) is 3.43. The van der Waals surface area contributed by atoms with Gasteiger partial charge in [0.25, 0.3) is 5.24 Å². The molecule has 2 heterocycles. The number of benzene rings is 2. The average molecular weight is 494 g/mol. The molecule has 0 saturated carbocycles. The van der Waals surface area contributed by atoms with Crippen LogP contribution in [0.25, 0.3) is 0 Å². The van der Waals surface area contributed by atoms with Crippen molar-refractivity contribution in [2.24, 2.45) is 0 Å². The lowest BCUT2D eigenvalue weighted by Gasteiger charge is -2.44. The molecule has 0 aliphatic carbocycles. The molecule has 2 aromatic rings. The highest BCUT2D eigenvalue weighted by Crippen LogP contribution is 2.35. The fraction of sp³-hybridized carbons (Fsp3) is 0.417. The quantitative estimate of drug-likeness (QED) is 0.601. The molecule has 1 unspecified atom stereocenters. The second-order valence-electron chi connectivity index (χ2n) is 8.13. The molecule has 4 rings (SSSR count). The van der Waals surface area contributed by atoms with E-state index in [1.165, 1.54) is 0 Å². The van der Waals surface area contributed by atoms with E-state index in [2.05, 4.69) is 36.3 Å². The molecule has 2 fully saturated rings. The number of likely N-dealkylation sites (tertiary alicyclic amines) is 1. The molecule has 0 bridgehead atoms. The van der Waals surface area contributed by atoms with Crippen LogP contribution >= 0.6 is 24.4 Å². The Balaban J connectivity index is 0.000000323. The van der Waals surface area contributed by atoms with Crippen LogP contribution in [-0.4, -0.2) is 57.7 Å². The maximum absolute atomic E-state index is 13.1. The van der Waals surface area contributed by atoms with Crippen LogP contribution in [0.15, 0.2) is 54.6 Å². The lowest BCUT2D eigenvalue weighted by Crippen LogP contribution is -2.58. The summed E-state index contributed by atoms with van der Waals surface area (Å²) in [6.07, 6.45) is 4.39. The Morgan fingerprint density at radius 2 is 1.67 bits per heavy atom. The summed E-state index contributed by atoms with van der Waals surface area (Å²) in [5.41, 5.74) is 0.783. The fourth-order valence-electron chi connectivity index (χ4n) is 4.20. The third-order valence-electron chi connectivity index (χ3n) is 5.98. The highest BCUT2D eigenvalue weighted by atomic mass is 32.2. The Morgan fingerprint density at radius 3 is 2.18 bits per heavy atom. The van der Waals surface area contributed by atoms with E-state index in [0.717, 1.165) is 54.8 Å². The number of carbonyl (C=O) groups excluding carboxylic acids is 2. The van der Waals surface area contributed by atoms with Crippen LogP contribution in [0.5, 0.6) is 0 Å². The van der Waals surface area contributed by atoms with Crippen molar-refractivity contribution in [3.05, 3.63) is 71.8 Å². The largest absolute Gasteiger partial charge is 0.334 e. The van der Waals surface area contributed by atoms with Crippen LogP contribution in [-0.2, 0) is 11.3 Å². The summed E-state index contributed by atoms with van der Waals surface area (Å²) < 4.78 is 23.8. The van der Waals surface area contributed by atoms with Gasteiger partial charge in [-0.1, -0.05) is 43.0 Å². The van der Waals surface area contributed by atoms with Crippen LogP contribution in [0.1, 0.15) is 24.8 Å². The van der Waals surface area contributed by atoms with Crippen LogP contribution in [0, 0.1) is 11.6 Å². The Labute approximate surface area is 203 Å². The number of nitrogens with one attached hydrogen (secondary N) is 1. The van der Waals surface area contributed by atoms with E-state index in [9.17, 15) is 18.4 Å². The Morgan fingerprint density at radius 1 is 1.09 bits per heavy atom. The van der Waals surface area contributed by atoms with Gasteiger partial charge in [0, 0.05) is 32.5 Å². The molecule has 2 aliphatic rings. The predicted octanol–water partition coefficient (Wildman–Crippen LogP) is 4.55. The van der Waals surface area contributed by atoms with Crippen molar-refractivity contribution in [2.45, 2.75) is 37.5 Å². The van der Waals surface area contributed by atoms with Crippen molar-refractivity contribution < 1.29 is 18.4 Å². The van der Waals surface area contributed by atoms with Gasteiger partial charge >= 0.3 is 0 Å². The molecule has 1 N–H and O–H groups in total. The molecule has 9 heteroatoms. The second kappa shape index (κ2) is 11.9. The zero-order valence-corrected chi connectivity index (χ0v) is 20.3. The Bertz CT molecular complexity index is 902. The van der Waals surface area contributed by atoms with E-state index in [0.29, 0.717) is 19.6 Å². The van der Waals surface area contributed by atoms with Gasteiger partial charge in [0.15, 0.2) is 0 Å². The van der Waals surface area contributed by atoms with E-state index < -0.39 is 11.6 Å². The molecule has 2 amide bonds. The van der Waals surface area contributed by atoms with Crippen LogP contribution in [0.3, 0.4) is 0 Å². The summed E-state index contributed by atoms with van der Waals surface area (Å²) >= 11 is 5.70. The van der Waals surface area contributed by atoms with E-state index in [-0.39, 0.29) is 22.9 Å². The monoisotopic (exact) mass is 493 g/mol. The number of nitrogens with zero attached hydrogens (tertiary/aromatic N) is 2. The van der Waals surface area contributed by atoms with Crippen molar-refractivity contribution >= 4 is 35.5 Å². The summed E-state index contributed by atoms with van der Waals surface area (Å²) in [7, 11) is 0. The zero-order valence-electron chi connectivity index (χ0n) is 18.5. The normalized spacial score (nSPS) is 19.4. The minimum Gasteiger partial charge on any atom is -0.334 e. The second-order valence-corrected chi connectivity index (χ2v) is 9.49.